The van der Waals surface area contributed by atoms with Crippen molar-refractivity contribution in [2.75, 3.05) is 7.11 Å². The van der Waals surface area contributed by atoms with Crippen LogP contribution in [0, 0.1) is 6.92 Å². The van der Waals surface area contributed by atoms with E-state index in [0.29, 0.717) is 29.3 Å². The number of ether oxygens (including phenoxy) is 1. The Kier molecular flexibility index (Phi) is 5.62. The molecule has 4 aromatic rings. The van der Waals surface area contributed by atoms with E-state index in [9.17, 15) is 0 Å². The van der Waals surface area contributed by atoms with Gasteiger partial charge in [-0.05, 0) is 43.7 Å². The van der Waals surface area contributed by atoms with Crippen molar-refractivity contribution in [2.24, 2.45) is 0 Å². The molecule has 0 saturated carbocycles. The van der Waals surface area contributed by atoms with Gasteiger partial charge in [0.05, 0.1) is 18.8 Å². The van der Waals surface area contributed by atoms with Crippen molar-refractivity contribution >= 4 is 11.8 Å². The highest BCUT2D eigenvalue weighted by molar-refractivity contribution is 7.99. The molecule has 0 radical (unpaired) electrons. The molecule has 0 saturated heterocycles. The highest BCUT2D eigenvalue weighted by atomic mass is 32.2. The van der Waals surface area contributed by atoms with Crippen LogP contribution < -0.4 is 4.74 Å². The lowest BCUT2D eigenvalue weighted by Crippen LogP contribution is -1.89. The Bertz CT molecular complexity index is 1070. The van der Waals surface area contributed by atoms with Gasteiger partial charge in [-0.2, -0.15) is 0 Å². The summed E-state index contributed by atoms with van der Waals surface area (Å²) in [6.07, 6.45) is 0.560. The Labute approximate surface area is 172 Å². The molecule has 8 heteroatoms. The zero-order chi connectivity index (χ0) is 20.2. The van der Waals surface area contributed by atoms with Crippen molar-refractivity contribution in [3.05, 3.63) is 71.4 Å². The number of hydrogen-bond donors (Lipinski definition) is 0. The van der Waals surface area contributed by atoms with Gasteiger partial charge in [-0.3, -0.25) is 0 Å². The Hall–Kier alpha value is -3.13. The Morgan fingerprint density at radius 2 is 1.69 bits per heavy atom. The zero-order valence-corrected chi connectivity index (χ0v) is 17.1. The topological polar surface area (TPSA) is 87.1 Å². The fourth-order valence-corrected chi connectivity index (χ4v) is 3.42. The third-order valence-corrected chi connectivity index (χ3v) is 5.25. The minimum absolute atomic E-state index is 0.115. The molecule has 0 aliphatic rings. The summed E-state index contributed by atoms with van der Waals surface area (Å²) in [7, 11) is 1.64. The fourth-order valence-electron chi connectivity index (χ4n) is 2.69. The SMILES string of the molecule is COc1ccc(Cc2nnc(S[C@@H](C)c3nnc(-c4ccc(C)cc4)o3)o2)cc1. The van der Waals surface area contributed by atoms with Gasteiger partial charge in [0.1, 0.15) is 5.75 Å². The highest BCUT2D eigenvalue weighted by Crippen LogP contribution is 2.34. The second-order valence-electron chi connectivity index (χ2n) is 6.56. The highest BCUT2D eigenvalue weighted by Gasteiger charge is 2.19. The third-order valence-electron chi connectivity index (χ3n) is 4.33. The van der Waals surface area contributed by atoms with Crippen LogP contribution in [-0.4, -0.2) is 27.5 Å². The van der Waals surface area contributed by atoms with Crippen molar-refractivity contribution in [2.45, 2.75) is 30.7 Å². The van der Waals surface area contributed by atoms with E-state index in [2.05, 4.69) is 20.4 Å². The molecule has 0 N–H and O–H groups in total. The van der Waals surface area contributed by atoms with E-state index in [-0.39, 0.29) is 5.25 Å². The standard InChI is InChI=1S/C21H20N4O3S/c1-13-4-8-16(9-5-13)20-24-23-19(28-20)14(2)29-21-25-22-18(27-21)12-15-6-10-17(26-3)11-7-15/h4-11,14H,12H2,1-3H3/t14-/m0/s1. The van der Waals surface area contributed by atoms with Gasteiger partial charge in [0.2, 0.25) is 17.7 Å². The molecular weight excluding hydrogens is 388 g/mol. The van der Waals surface area contributed by atoms with Crippen LogP contribution in [0.25, 0.3) is 11.5 Å². The Morgan fingerprint density at radius 1 is 0.931 bits per heavy atom. The number of rotatable bonds is 7. The smallest absolute Gasteiger partial charge is 0.277 e. The van der Waals surface area contributed by atoms with Crippen LogP contribution in [0.2, 0.25) is 0 Å². The predicted molar refractivity (Wildman–Crippen MR) is 109 cm³/mol. The average molecular weight is 408 g/mol. The molecule has 0 amide bonds. The zero-order valence-electron chi connectivity index (χ0n) is 16.3. The first-order valence-corrected chi connectivity index (χ1v) is 10.0. The summed E-state index contributed by atoms with van der Waals surface area (Å²) in [6, 6.07) is 15.7. The van der Waals surface area contributed by atoms with E-state index in [0.717, 1.165) is 16.9 Å². The summed E-state index contributed by atoms with van der Waals surface area (Å²) in [5.41, 5.74) is 3.14. The second-order valence-corrected chi connectivity index (χ2v) is 7.85. The van der Waals surface area contributed by atoms with Crippen molar-refractivity contribution in [1.82, 2.24) is 20.4 Å². The van der Waals surface area contributed by atoms with E-state index >= 15 is 0 Å². The van der Waals surface area contributed by atoms with Crippen molar-refractivity contribution in [3.8, 4) is 17.2 Å². The Morgan fingerprint density at radius 3 is 2.41 bits per heavy atom. The fraction of sp³-hybridized carbons (Fsp3) is 0.238. The molecule has 148 valence electrons. The number of benzene rings is 2. The molecule has 0 aliphatic carbocycles. The molecule has 29 heavy (non-hydrogen) atoms. The maximum atomic E-state index is 5.82. The van der Waals surface area contributed by atoms with E-state index in [1.54, 1.807) is 7.11 Å². The maximum absolute atomic E-state index is 5.82. The van der Waals surface area contributed by atoms with Gasteiger partial charge in [-0.15, -0.1) is 20.4 Å². The molecule has 0 fully saturated rings. The first-order chi connectivity index (χ1) is 14.1. The summed E-state index contributed by atoms with van der Waals surface area (Å²) in [5, 5.41) is 16.9. The second kappa shape index (κ2) is 8.48. The van der Waals surface area contributed by atoms with Gasteiger partial charge < -0.3 is 13.6 Å². The van der Waals surface area contributed by atoms with Crippen LogP contribution in [-0.2, 0) is 6.42 Å². The maximum Gasteiger partial charge on any atom is 0.277 e. The number of hydrogen-bond acceptors (Lipinski definition) is 8. The van der Waals surface area contributed by atoms with Crippen LogP contribution in [0.4, 0.5) is 0 Å². The minimum Gasteiger partial charge on any atom is -0.497 e. The quantitative estimate of drug-likeness (QED) is 0.400. The van der Waals surface area contributed by atoms with Crippen LogP contribution in [0.5, 0.6) is 5.75 Å². The molecule has 2 aromatic carbocycles. The summed E-state index contributed by atoms with van der Waals surface area (Å²) in [5.74, 6) is 2.38. The summed E-state index contributed by atoms with van der Waals surface area (Å²) < 4.78 is 16.8. The van der Waals surface area contributed by atoms with Gasteiger partial charge in [0.25, 0.3) is 5.22 Å². The Balaban J connectivity index is 1.40. The van der Waals surface area contributed by atoms with Crippen LogP contribution in [0.15, 0.2) is 62.6 Å². The number of aryl methyl sites for hydroxylation is 1. The van der Waals surface area contributed by atoms with Crippen molar-refractivity contribution < 1.29 is 13.6 Å². The van der Waals surface area contributed by atoms with E-state index in [1.165, 1.54) is 17.3 Å². The first kappa shape index (κ1) is 19.2. The number of methoxy groups -OCH3 is 1. The van der Waals surface area contributed by atoms with Crippen LogP contribution in [0.3, 0.4) is 0 Å². The monoisotopic (exact) mass is 408 g/mol. The lowest BCUT2D eigenvalue weighted by molar-refractivity contribution is 0.413. The van der Waals surface area contributed by atoms with Gasteiger partial charge in [0.15, 0.2) is 0 Å². The molecule has 2 aromatic heterocycles. The third kappa shape index (κ3) is 4.65. The molecule has 2 heterocycles. The molecule has 1 atom stereocenters. The lowest BCUT2D eigenvalue weighted by Gasteiger charge is -2.02. The lowest BCUT2D eigenvalue weighted by atomic mass is 10.1. The molecule has 7 nitrogen and oxygen atoms in total. The average Bonchev–Trinajstić information content (AvgIpc) is 3.39. The minimum atomic E-state index is -0.115. The summed E-state index contributed by atoms with van der Waals surface area (Å²) in [6.45, 7) is 4.00. The normalized spacial score (nSPS) is 12.1. The molecule has 0 bridgehead atoms. The summed E-state index contributed by atoms with van der Waals surface area (Å²) >= 11 is 1.39. The largest absolute Gasteiger partial charge is 0.497 e. The van der Waals surface area contributed by atoms with Gasteiger partial charge in [0, 0.05) is 5.56 Å². The van der Waals surface area contributed by atoms with Gasteiger partial charge in [-0.1, -0.05) is 41.6 Å². The molecule has 0 unspecified atom stereocenters. The van der Waals surface area contributed by atoms with Gasteiger partial charge in [-0.25, -0.2) is 0 Å². The van der Waals surface area contributed by atoms with Gasteiger partial charge >= 0.3 is 0 Å². The van der Waals surface area contributed by atoms with Crippen molar-refractivity contribution in [1.29, 1.82) is 0 Å². The van der Waals surface area contributed by atoms with E-state index in [4.69, 9.17) is 13.6 Å². The first-order valence-electron chi connectivity index (χ1n) is 9.13. The predicted octanol–water partition coefficient (Wildman–Crippen LogP) is 4.88. The van der Waals surface area contributed by atoms with Crippen LogP contribution >= 0.6 is 11.8 Å². The number of nitrogens with zero attached hydrogens (tertiary/aromatic N) is 4. The van der Waals surface area contributed by atoms with Crippen molar-refractivity contribution in [3.63, 3.8) is 0 Å². The number of thioether (sulfide) groups is 1. The summed E-state index contributed by atoms with van der Waals surface area (Å²) in [4.78, 5) is 0. The molecule has 4 rings (SSSR count). The van der Waals surface area contributed by atoms with E-state index < -0.39 is 0 Å². The van der Waals surface area contributed by atoms with Crippen LogP contribution in [0.1, 0.15) is 35.1 Å². The molecule has 0 spiro atoms. The molecule has 0 aliphatic heterocycles. The molecular formula is C21H20N4O3S. The number of aromatic nitrogens is 4. The van der Waals surface area contributed by atoms with E-state index in [1.807, 2.05) is 62.4 Å².